The van der Waals surface area contributed by atoms with Gasteiger partial charge >= 0.3 is 12.1 Å². The van der Waals surface area contributed by atoms with Gasteiger partial charge in [-0.1, -0.05) is 0 Å². The van der Waals surface area contributed by atoms with Crippen molar-refractivity contribution < 1.29 is 24.2 Å². The number of likely N-dealkylation sites (tertiary alicyclic amines) is 1. The van der Waals surface area contributed by atoms with Crippen LogP contribution < -0.4 is 0 Å². The maximum atomic E-state index is 11.8. The molecule has 6 nitrogen and oxygen atoms in total. The molecule has 2 unspecified atom stereocenters. The number of nitrogens with zero attached hydrogens (tertiary/aromatic N) is 1. The van der Waals surface area contributed by atoms with Gasteiger partial charge in [0.05, 0.1) is 26.2 Å². The van der Waals surface area contributed by atoms with Crippen LogP contribution in [0, 0.1) is 5.92 Å². The van der Waals surface area contributed by atoms with Gasteiger partial charge in [0.15, 0.2) is 0 Å². The Hall–Kier alpha value is -1.30. The van der Waals surface area contributed by atoms with Crippen molar-refractivity contribution in [2.24, 2.45) is 5.92 Å². The number of piperidine rings is 1. The summed E-state index contributed by atoms with van der Waals surface area (Å²) < 4.78 is 9.83. The van der Waals surface area contributed by atoms with E-state index in [9.17, 15) is 14.7 Å². The van der Waals surface area contributed by atoms with Gasteiger partial charge in [0.2, 0.25) is 0 Å². The highest BCUT2D eigenvalue weighted by molar-refractivity contribution is 5.70. The van der Waals surface area contributed by atoms with Gasteiger partial charge in [0.25, 0.3) is 0 Å². The fourth-order valence-corrected chi connectivity index (χ4v) is 2.01. The van der Waals surface area contributed by atoms with Crippen molar-refractivity contribution >= 4 is 12.1 Å². The number of ether oxygens (including phenoxy) is 2. The van der Waals surface area contributed by atoms with Crippen LogP contribution in [-0.2, 0) is 14.3 Å². The Balaban J connectivity index is 2.49. The van der Waals surface area contributed by atoms with Gasteiger partial charge in [-0.2, -0.15) is 0 Å². The normalized spacial score (nSPS) is 23.9. The topological polar surface area (TPSA) is 76.1 Å². The minimum Gasteiger partial charge on any atom is -0.469 e. The first-order valence-electron chi connectivity index (χ1n) is 6.45. The lowest BCUT2D eigenvalue weighted by Crippen LogP contribution is -2.48. The van der Waals surface area contributed by atoms with Crippen molar-refractivity contribution in [1.82, 2.24) is 4.90 Å². The van der Waals surface area contributed by atoms with Crippen molar-refractivity contribution in [2.45, 2.75) is 45.3 Å². The molecule has 110 valence electrons. The van der Waals surface area contributed by atoms with E-state index in [4.69, 9.17) is 4.74 Å². The van der Waals surface area contributed by atoms with E-state index in [2.05, 4.69) is 4.74 Å². The summed E-state index contributed by atoms with van der Waals surface area (Å²) in [5.41, 5.74) is -0.551. The second-order valence-electron chi connectivity index (χ2n) is 5.82. The van der Waals surface area contributed by atoms with Crippen LogP contribution >= 0.6 is 0 Å². The first-order chi connectivity index (χ1) is 8.73. The lowest BCUT2D eigenvalue weighted by molar-refractivity contribution is -0.143. The van der Waals surface area contributed by atoms with E-state index < -0.39 is 17.8 Å². The van der Waals surface area contributed by atoms with E-state index in [1.54, 1.807) is 20.8 Å². The molecule has 0 aromatic carbocycles. The van der Waals surface area contributed by atoms with Crippen molar-refractivity contribution in [3.8, 4) is 0 Å². The highest BCUT2D eigenvalue weighted by Crippen LogP contribution is 2.23. The molecule has 0 aromatic rings. The molecule has 1 fully saturated rings. The molecule has 1 N–H and O–H groups in total. The summed E-state index contributed by atoms with van der Waals surface area (Å²) in [6, 6.07) is 0. The zero-order valence-corrected chi connectivity index (χ0v) is 12.0. The first kappa shape index (κ1) is 15.8. The second kappa shape index (κ2) is 6.23. The lowest BCUT2D eigenvalue weighted by Gasteiger charge is -2.36. The minimum atomic E-state index is -0.722. The standard InChI is InChI=1S/C13H23NO5/c1-13(2,3)19-12(17)14-6-5-9(10(15)8-14)7-11(16)18-4/h9-10,15H,5-8H2,1-4H3. The third-order valence-electron chi connectivity index (χ3n) is 3.03. The van der Waals surface area contributed by atoms with Crippen LogP contribution in [0.3, 0.4) is 0 Å². The van der Waals surface area contributed by atoms with Crippen LogP contribution in [0.2, 0.25) is 0 Å². The Bertz CT molecular complexity index is 336. The van der Waals surface area contributed by atoms with Gasteiger partial charge in [-0.05, 0) is 33.1 Å². The predicted molar refractivity (Wildman–Crippen MR) is 68.6 cm³/mol. The van der Waals surface area contributed by atoms with Crippen LogP contribution in [-0.4, -0.2) is 54.0 Å². The Kier molecular flexibility index (Phi) is 5.17. The Labute approximate surface area is 113 Å². The molecule has 0 aliphatic carbocycles. The predicted octanol–water partition coefficient (Wildman–Crippen LogP) is 1.17. The fourth-order valence-electron chi connectivity index (χ4n) is 2.01. The van der Waals surface area contributed by atoms with Crippen LogP contribution in [0.25, 0.3) is 0 Å². The molecule has 6 heteroatoms. The van der Waals surface area contributed by atoms with Crippen molar-refractivity contribution in [2.75, 3.05) is 20.2 Å². The van der Waals surface area contributed by atoms with Gasteiger partial charge in [0, 0.05) is 6.54 Å². The number of hydrogen-bond acceptors (Lipinski definition) is 5. The number of methoxy groups -OCH3 is 1. The molecule has 1 aliphatic heterocycles. The lowest BCUT2D eigenvalue weighted by atomic mass is 9.91. The van der Waals surface area contributed by atoms with E-state index in [0.717, 1.165) is 0 Å². The first-order valence-corrected chi connectivity index (χ1v) is 6.45. The summed E-state index contributed by atoms with van der Waals surface area (Å²) in [5, 5.41) is 9.97. The van der Waals surface area contributed by atoms with Crippen LogP contribution in [0.5, 0.6) is 0 Å². The van der Waals surface area contributed by atoms with Gasteiger partial charge in [-0.25, -0.2) is 4.79 Å². The summed E-state index contributed by atoms with van der Waals surface area (Å²) in [6.45, 7) is 6.06. The monoisotopic (exact) mass is 273 g/mol. The SMILES string of the molecule is COC(=O)CC1CCN(C(=O)OC(C)(C)C)CC1O. The number of aliphatic hydroxyl groups excluding tert-OH is 1. The number of hydrogen-bond donors (Lipinski definition) is 1. The molecule has 1 saturated heterocycles. The Morgan fingerprint density at radius 3 is 2.47 bits per heavy atom. The third kappa shape index (κ3) is 5.06. The smallest absolute Gasteiger partial charge is 0.410 e. The van der Waals surface area contributed by atoms with E-state index in [0.29, 0.717) is 13.0 Å². The number of rotatable bonds is 2. The van der Waals surface area contributed by atoms with Crippen LogP contribution in [0.4, 0.5) is 4.79 Å². The second-order valence-corrected chi connectivity index (χ2v) is 5.82. The number of carbonyl (C=O) groups excluding carboxylic acids is 2. The fraction of sp³-hybridized carbons (Fsp3) is 0.846. The average Bonchev–Trinajstić information content (AvgIpc) is 2.29. The molecular formula is C13H23NO5. The van der Waals surface area contributed by atoms with Gasteiger partial charge in [0.1, 0.15) is 5.60 Å². The highest BCUT2D eigenvalue weighted by Gasteiger charge is 2.33. The zero-order valence-electron chi connectivity index (χ0n) is 12.0. The molecule has 0 spiro atoms. The minimum absolute atomic E-state index is 0.161. The average molecular weight is 273 g/mol. The number of aliphatic hydroxyl groups is 1. The maximum Gasteiger partial charge on any atom is 0.410 e. The summed E-state index contributed by atoms with van der Waals surface area (Å²) >= 11 is 0. The molecule has 1 aliphatic rings. The van der Waals surface area contributed by atoms with Crippen LogP contribution in [0.15, 0.2) is 0 Å². The maximum absolute atomic E-state index is 11.8. The number of esters is 1. The Morgan fingerprint density at radius 2 is 2.00 bits per heavy atom. The number of amides is 1. The molecular weight excluding hydrogens is 250 g/mol. The number of β-amino-alcohol motifs (C(OH)–C–C–N with tert-alkyl or cyclic N) is 1. The third-order valence-corrected chi connectivity index (χ3v) is 3.03. The Morgan fingerprint density at radius 1 is 1.37 bits per heavy atom. The van der Waals surface area contributed by atoms with Crippen molar-refractivity contribution in [1.29, 1.82) is 0 Å². The molecule has 0 saturated carbocycles. The summed E-state index contributed by atoms with van der Waals surface area (Å²) in [5.74, 6) is -0.499. The van der Waals surface area contributed by atoms with Crippen molar-refractivity contribution in [3.63, 3.8) is 0 Å². The van der Waals surface area contributed by atoms with Gasteiger partial charge < -0.3 is 19.5 Å². The zero-order chi connectivity index (χ0) is 14.6. The molecule has 1 amide bonds. The number of carbonyl (C=O) groups is 2. The molecule has 19 heavy (non-hydrogen) atoms. The molecule has 0 aromatic heterocycles. The van der Waals surface area contributed by atoms with Gasteiger partial charge in [-0.15, -0.1) is 0 Å². The summed E-state index contributed by atoms with van der Waals surface area (Å²) in [6.07, 6.45) is -0.404. The van der Waals surface area contributed by atoms with E-state index in [1.807, 2.05) is 0 Å². The van der Waals surface area contributed by atoms with Crippen molar-refractivity contribution in [3.05, 3.63) is 0 Å². The summed E-state index contributed by atoms with van der Waals surface area (Å²) in [4.78, 5) is 24.5. The van der Waals surface area contributed by atoms with Gasteiger partial charge in [-0.3, -0.25) is 4.79 Å². The summed E-state index contributed by atoms with van der Waals surface area (Å²) in [7, 11) is 1.32. The van der Waals surface area contributed by atoms with E-state index >= 15 is 0 Å². The van der Waals surface area contributed by atoms with E-state index in [-0.39, 0.29) is 24.9 Å². The molecule has 2 atom stereocenters. The molecule has 0 radical (unpaired) electrons. The molecule has 1 heterocycles. The molecule has 1 rings (SSSR count). The molecule has 0 bridgehead atoms. The highest BCUT2D eigenvalue weighted by atomic mass is 16.6. The van der Waals surface area contributed by atoms with E-state index in [1.165, 1.54) is 12.0 Å². The van der Waals surface area contributed by atoms with Crippen LogP contribution in [0.1, 0.15) is 33.6 Å². The largest absolute Gasteiger partial charge is 0.469 e. The quantitative estimate of drug-likeness (QED) is 0.764.